The summed E-state index contributed by atoms with van der Waals surface area (Å²) in [6, 6.07) is 8.47. The van der Waals surface area contributed by atoms with Crippen molar-refractivity contribution >= 4 is 10.0 Å². The second-order valence-corrected chi connectivity index (χ2v) is 5.35. The van der Waals surface area contributed by atoms with Gasteiger partial charge in [-0.1, -0.05) is 35.9 Å². The highest BCUT2D eigenvalue weighted by Gasteiger charge is 2.11. The molecule has 0 atom stereocenters. The normalized spacial score (nSPS) is 12.0. The molecule has 0 amide bonds. The Balaban J connectivity index is 2.61. The quantitative estimate of drug-likeness (QED) is 0.651. The molecule has 1 rings (SSSR count). The van der Waals surface area contributed by atoms with Gasteiger partial charge in [0, 0.05) is 12.6 Å². The first-order valence-electron chi connectivity index (χ1n) is 5.34. The van der Waals surface area contributed by atoms with E-state index in [0.29, 0.717) is 0 Å². The van der Waals surface area contributed by atoms with Crippen molar-refractivity contribution < 1.29 is 8.42 Å². The van der Waals surface area contributed by atoms with Crippen molar-refractivity contribution in [1.82, 2.24) is 4.72 Å². The standard InChI is InChI=1S/C13H14N2O2S/c1-12-6-8-13(9-7-12)18(16,17)15-11-5-3-2-4-10-14/h2-9,15H,11H2,1H3/b4-2-,5-3-. The Morgan fingerprint density at radius 3 is 2.56 bits per heavy atom. The number of nitrogens with zero attached hydrogens (tertiary/aromatic N) is 1. The predicted octanol–water partition coefficient (Wildman–Crippen LogP) is 1.91. The third-order valence-electron chi connectivity index (χ3n) is 2.14. The maximum atomic E-state index is 11.8. The molecule has 5 heteroatoms. The minimum absolute atomic E-state index is 0.186. The Bertz CT molecular complexity index is 578. The molecule has 0 fully saturated rings. The van der Waals surface area contributed by atoms with Crippen LogP contribution in [0.2, 0.25) is 0 Å². The van der Waals surface area contributed by atoms with Crippen LogP contribution < -0.4 is 4.72 Å². The molecule has 0 aliphatic carbocycles. The van der Waals surface area contributed by atoms with Crippen LogP contribution in [0, 0.1) is 18.3 Å². The maximum Gasteiger partial charge on any atom is 0.240 e. The number of hydrogen-bond donors (Lipinski definition) is 1. The molecule has 0 aliphatic heterocycles. The molecule has 1 N–H and O–H groups in total. The molecular weight excluding hydrogens is 248 g/mol. The zero-order valence-corrected chi connectivity index (χ0v) is 10.8. The number of nitrogens with one attached hydrogen (secondary N) is 1. The lowest BCUT2D eigenvalue weighted by atomic mass is 10.2. The fourth-order valence-corrected chi connectivity index (χ4v) is 2.18. The molecule has 0 aromatic heterocycles. The van der Waals surface area contributed by atoms with Crippen molar-refractivity contribution in [2.75, 3.05) is 6.54 Å². The van der Waals surface area contributed by atoms with Crippen LogP contribution in [0.3, 0.4) is 0 Å². The molecule has 0 saturated carbocycles. The summed E-state index contributed by atoms with van der Waals surface area (Å²) >= 11 is 0. The monoisotopic (exact) mass is 262 g/mol. The van der Waals surface area contributed by atoms with Crippen molar-refractivity contribution in [3.8, 4) is 6.07 Å². The van der Waals surface area contributed by atoms with E-state index in [2.05, 4.69) is 4.72 Å². The summed E-state index contributed by atoms with van der Waals surface area (Å²) in [7, 11) is -3.46. The fraction of sp³-hybridized carbons (Fsp3) is 0.154. The van der Waals surface area contributed by atoms with Crippen LogP contribution in [0.25, 0.3) is 0 Å². The van der Waals surface area contributed by atoms with Crippen molar-refractivity contribution in [2.24, 2.45) is 0 Å². The molecule has 0 spiro atoms. The van der Waals surface area contributed by atoms with Gasteiger partial charge in [0.1, 0.15) is 0 Å². The van der Waals surface area contributed by atoms with E-state index in [1.165, 1.54) is 6.08 Å². The van der Waals surface area contributed by atoms with Gasteiger partial charge in [-0.3, -0.25) is 0 Å². The van der Waals surface area contributed by atoms with Crippen molar-refractivity contribution in [1.29, 1.82) is 5.26 Å². The van der Waals surface area contributed by atoms with E-state index in [1.54, 1.807) is 42.5 Å². The number of nitriles is 1. The minimum Gasteiger partial charge on any atom is -0.207 e. The van der Waals surface area contributed by atoms with E-state index in [0.717, 1.165) is 5.56 Å². The van der Waals surface area contributed by atoms with Gasteiger partial charge in [0.25, 0.3) is 0 Å². The first kappa shape index (κ1) is 14.2. The van der Waals surface area contributed by atoms with Crippen LogP contribution in [0.1, 0.15) is 5.56 Å². The lowest BCUT2D eigenvalue weighted by Gasteiger charge is -2.04. The van der Waals surface area contributed by atoms with Crippen LogP contribution in [-0.4, -0.2) is 15.0 Å². The van der Waals surface area contributed by atoms with Crippen LogP contribution in [-0.2, 0) is 10.0 Å². The second-order valence-electron chi connectivity index (χ2n) is 3.58. The van der Waals surface area contributed by atoms with Gasteiger partial charge in [0.15, 0.2) is 0 Å². The van der Waals surface area contributed by atoms with E-state index < -0.39 is 10.0 Å². The van der Waals surface area contributed by atoms with Gasteiger partial charge in [0.05, 0.1) is 11.0 Å². The number of aryl methyl sites for hydroxylation is 1. The molecule has 0 radical (unpaired) electrons. The molecule has 18 heavy (non-hydrogen) atoms. The average Bonchev–Trinajstić information content (AvgIpc) is 2.34. The molecule has 94 valence electrons. The van der Waals surface area contributed by atoms with Crippen molar-refractivity contribution in [2.45, 2.75) is 11.8 Å². The highest BCUT2D eigenvalue weighted by molar-refractivity contribution is 7.89. The third-order valence-corrected chi connectivity index (χ3v) is 3.58. The van der Waals surface area contributed by atoms with Crippen LogP contribution in [0.4, 0.5) is 0 Å². The first-order chi connectivity index (χ1) is 8.56. The highest BCUT2D eigenvalue weighted by Crippen LogP contribution is 2.09. The number of hydrogen-bond acceptors (Lipinski definition) is 3. The number of benzene rings is 1. The van der Waals surface area contributed by atoms with Gasteiger partial charge >= 0.3 is 0 Å². The molecule has 0 bridgehead atoms. The number of rotatable bonds is 5. The maximum absolute atomic E-state index is 11.8. The van der Waals surface area contributed by atoms with E-state index >= 15 is 0 Å². The Kier molecular flexibility index (Phi) is 5.31. The van der Waals surface area contributed by atoms with Crippen LogP contribution in [0.5, 0.6) is 0 Å². The van der Waals surface area contributed by atoms with Gasteiger partial charge in [-0.25, -0.2) is 13.1 Å². The lowest BCUT2D eigenvalue weighted by molar-refractivity contribution is 0.585. The van der Waals surface area contributed by atoms with Crippen LogP contribution in [0.15, 0.2) is 53.5 Å². The van der Waals surface area contributed by atoms with Gasteiger partial charge in [0.2, 0.25) is 10.0 Å². The topological polar surface area (TPSA) is 70.0 Å². The zero-order valence-electron chi connectivity index (χ0n) is 10.00. The molecule has 4 nitrogen and oxygen atoms in total. The predicted molar refractivity (Wildman–Crippen MR) is 70.3 cm³/mol. The van der Waals surface area contributed by atoms with Gasteiger partial charge in [-0.05, 0) is 19.1 Å². The minimum atomic E-state index is -3.46. The Labute approximate surface area is 107 Å². The summed E-state index contributed by atoms with van der Waals surface area (Å²) in [4.78, 5) is 0.245. The van der Waals surface area contributed by atoms with Gasteiger partial charge in [-0.2, -0.15) is 5.26 Å². The summed E-state index contributed by atoms with van der Waals surface area (Å²) in [6.45, 7) is 2.08. The largest absolute Gasteiger partial charge is 0.240 e. The molecular formula is C13H14N2O2S. The average molecular weight is 262 g/mol. The zero-order chi connectivity index (χ0) is 13.4. The van der Waals surface area contributed by atoms with E-state index in [1.807, 2.05) is 13.0 Å². The summed E-state index contributed by atoms with van der Waals surface area (Å²) in [6.07, 6.45) is 6.09. The number of sulfonamides is 1. The van der Waals surface area contributed by atoms with E-state index in [4.69, 9.17) is 5.26 Å². The summed E-state index contributed by atoms with van der Waals surface area (Å²) in [5.74, 6) is 0. The van der Waals surface area contributed by atoms with Gasteiger partial charge < -0.3 is 0 Å². The first-order valence-corrected chi connectivity index (χ1v) is 6.82. The van der Waals surface area contributed by atoms with Gasteiger partial charge in [-0.15, -0.1) is 0 Å². The SMILES string of the molecule is Cc1ccc(S(=O)(=O)NC/C=C\C=C/C#N)cc1. The molecule has 0 saturated heterocycles. The lowest BCUT2D eigenvalue weighted by Crippen LogP contribution is -2.23. The second kappa shape index (κ2) is 6.74. The number of allylic oxidation sites excluding steroid dienone is 3. The molecule has 1 aromatic rings. The summed E-state index contributed by atoms with van der Waals surface area (Å²) in [5, 5.41) is 8.24. The van der Waals surface area contributed by atoms with E-state index in [-0.39, 0.29) is 11.4 Å². The summed E-state index contributed by atoms with van der Waals surface area (Å²) in [5.41, 5.74) is 1.01. The van der Waals surface area contributed by atoms with Crippen molar-refractivity contribution in [3.05, 3.63) is 54.1 Å². The highest BCUT2D eigenvalue weighted by atomic mass is 32.2. The fourth-order valence-electron chi connectivity index (χ4n) is 1.20. The molecule has 0 heterocycles. The smallest absolute Gasteiger partial charge is 0.207 e. The molecule has 0 unspecified atom stereocenters. The van der Waals surface area contributed by atoms with Crippen LogP contribution >= 0.6 is 0 Å². The Hall–Kier alpha value is -1.90. The Morgan fingerprint density at radius 1 is 1.28 bits per heavy atom. The van der Waals surface area contributed by atoms with Crippen molar-refractivity contribution in [3.63, 3.8) is 0 Å². The molecule has 0 aliphatic rings. The summed E-state index contributed by atoms with van der Waals surface area (Å²) < 4.78 is 26.1. The third kappa shape index (κ3) is 4.53. The molecule has 1 aromatic carbocycles. The Morgan fingerprint density at radius 2 is 1.94 bits per heavy atom. The van der Waals surface area contributed by atoms with E-state index in [9.17, 15) is 8.42 Å².